The highest BCUT2D eigenvalue weighted by Gasteiger charge is 2.22. The van der Waals surface area contributed by atoms with Crippen LogP contribution in [0.15, 0.2) is 0 Å². The lowest BCUT2D eigenvalue weighted by molar-refractivity contribution is -0.165. The fraction of sp³-hybridized carbons (Fsp3) is 0.878. The second kappa shape index (κ2) is 34.7. The Morgan fingerprint density at radius 1 is 0.574 bits per heavy atom. The molecular weight excluding hydrogens is 696 g/mol. The third-order valence-electron chi connectivity index (χ3n) is 9.20. The van der Waals surface area contributed by atoms with Crippen molar-refractivity contribution < 1.29 is 52.4 Å². The number of nitrogens with zero attached hydrogens (tertiary/aromatic N) is 2. The molecular formula is C41H76N2O11. The minimum Gasteiger partial charge on any atom is -0.464 e. The van der Waals surface area contributed by atoms with Gasteiger partial charge in [0.05, 0.1) is 18.4 Å². The molecule has 4 unspecified atom stereocenters. The van der Waals surface area contributed by atoms with E-state index in [1.165, 1.54) is 7.11 Å². The zero-order valence-corrected chi connectivity index (χ0v) is 34.9. The monoisotopic (exact) mass is 773 g/mol. The van der Waals surface area contributed by atoms with Crippen molar-refractivity contribution in [3.63, 3.8) is 0 Å². The maximum atomic E-state index is 12.8. The molecule has 0 aliphatic carbocycles. The van der Waals surface area contributed by atoms with Gasteiger partial charge in [0.1, 0.15) is 19.8 Å². The lowest BCUT2D eigenvalue weighted by Crippen LogP contribution is -2.32. The van der Waals surface area contributed by atoms with Crippen molar-refractivity contribution in [2.45, 2.75) is 149 Å². The van der Waals surface area contributed by atoms with Crippen LogP contribution in [0.4, 0.5) is 0 Å². The molecule has 0 spiro atoms. The van der Waals surface area contributed by atoms with Gasteiger partial charge in [0.2, 0.25) is 0 Å². The van der Waals surface area contributed by atoms with E-state index < -0.39 is 18.2 Å². The highest BCUT2D eigenvalue weighted by Crippen LogP contribution is 2.15. The number of unbranched alkanes of at least 4 members (excludes halogenated alkanes) is 8. The number of rotatable bonds is 37. The summed E-state index contributed by atoms with van der Waals surface area (Å²) in [5.74, 6) is -1.98. The number of carbonyl (C=O) groups excluding carboxylic acids is 5. The standard InChI is InChI=1S/C41H76N2O11/c1-8-10-12-15-21-34(3)40(47)51-31-36(29-49-7)53-38(45)23-19-27-43(26-18-14-17-25-42(5)6)28-20-24-39(46)54-37(30-50-33-44)32-52-41(48)35(4)22-16-13-11-9-2/h33-37H,8-32H2,1-7H3. The highest BCUT2D eigenvalue weighted by molar-refractivity contribution is 5.73. The summed E-state index contributed by atoms with van der Waals surface area (Å²) in [5, 5.41) is 0. The van der Waals surface area contributed by atoms with Crippen molar-refractivity contribution in [1.29, 1.82) is 0 Å². The molecule has 0 aliphatic rings. The van der Waals surface area contributed by atoms with E-state index >= 15 is 0 Å². The average molecular weight is 773 g/mol. The van der Waals surface area contributed by atoms with Gasteiger partial charge in [0.15, 0.2) is 12.2 Å². The Hall–Kier alpha value is -2.77. The molecule has 0 saturated heterocycles. The van der Waals surface area contributed by atoms with Crippen molar-refractivity contribution in [3.8, 4) is 0 Å². The Kier molecular flexibility index (Phi) is 32.9. The fourth-order valence-corrected chi connectivity index (χ4v) is 5.85. The van der Waals surface area contributed by atoms with E-state index in [4.69, 9.17) is 28.4 Å². The Balaban J connectivity index is 4.95. The van der Waals surface area contributed by atoms with Crippen molar-refractivity contribution in [3.05, 3.63) is 0 Å². The van der Waals surface area contributed by atoms with E-state index in [1.807, 2.05) is 13.8 Å². The van der Waals surface area contributed by atoms with E-state index in [0.717, 1.165) is 96.6 Å². The van der Waals surface area contributed by atoms with Crippen LogP contribution in [0.3, 0.4) is 0 Å². The largest absolute Gasteiger partial charge is 0.464 e. The van der Waals surface area contributed by atoms with Gasteiger partial charge < -0.3 is 38.2 Å². The number of carbonyl (C=O) groups is 5. The molecule has 0 bridgehead atoms. The van der Waals surface area contributed by atoms with Crippen molar-refractivity contribution in [2.75, 3.05) is 73.8 Å². The van der Waals surface area contributed by atoms with Gasteiger partial charge in [-0.3, -0.25) is 24.0 Å². The van der Waals surface area contributed by atoms with Crippen LogP contribution >= 0.6 is 0 Å². The van der Waals surface area contributed by atoms with E-state index in [0.29, 0.717) is 25.9 Å². The summed E-state index contributed by atoms with van der Waals surface area (Å²) in [7, 11) is 5.62. The number of esters is 4. The lowest BCUT2D eigenvalue weighted by atomic mass is 10.0. The Bertz CT molecular complexity index is 981. The molecule has 54 heavy (non-hydrogen) atoms. The van der Waals surface area contributed by atoms with Crippen molar-refractivity contribution in [1.82, 2.24) is 9.80 Å². The summed E-state index contributed by atoms with van der Waals surface area (Å²) in [5.41, 5.74) is 0. The van der Waals surface area contributed by atoms with Gasteiger partial charge in [-0.1, -0.05) is 85.5 Å². The van der Waals surface area contributed by atoms with Crippen LogP contribution in [0.1, 0.15) is 137 Å². The molecule has 0 fully saturated rings. The van der Waals surface area contributed by atoms with Gasteiger partial charge in [-0.25, -0.2) is 0 Å². The second-order valence-electron chi connectivity index (χ2n) is 14.8. The molecule has 316 valence electrons. The summed E-state index contributed by atoms with van der Waals surface area (Å²) in [6.45, 7) is 11.0. The van der Waals surface area contributed by atoms with Crippen molar-refractivity contribution in [2.24, 2.45) is 11.8 Å². The summed E-state index contributed by atoms with van der Waals surface area (Å²) in [6, 6.07) is 0. The maximum absolute atomic E-state index is 12.8. The predicted molar refractivity (Wildman–Crippen MR) is 209 cm³/mol. The predicted octanol–water partition coefficient (Wildman–Crippen LogP) is 6.52. The zero-order valence-electron chi connectivity index (χ0n) is 34.9. The molecule has 0 aromatic rings. The first-order valence-corrected chi connectivity index (χ1v) is 20.6. The number of hydrogen-bond acceptors (Lipinski definition) is 13. The van der Waals surface area contributed by atoms with E-state index in [9.17, 15) is 24.0 Å². The molecule has 13 nitrogen and oxygen atoms in total. The van der Waals surface area contributed by atoms with E-state index in [-0.39, 0.29) is 75.5 Å². The van der Waals surface area contributed by atoms with Gasteiger partial charge in [-0.15, -0.1) is 0 Å². The van der Waals surface area contributed by atoms with Crippen LogP contribution in [-0.4, -0.2) is 126 Å². The van der Waals surface area contributed by atoms with E-state index in [1.54, 1.807) is 0 Å². The highest BCUT2D eigenvalue weighted by atomic mass is 16.6. The zero-order chi connectivity index (χ0) is 40.4. The molecule has 0 N–H and O–H groups in total. The topological polar surface area (TPSA) is 147 Å². The van der Waals surface area contributed by atoms with Gasteiger partial charge in [-0.05, 0) is 78.8 Å². The smallest absolute Gasteiger partial charge is 0.308 e. The molecule has 0 aliphatic heterocycles. The first-order valence-electron chi connectivity index (χ1n) is 20.6. The minimum atomic E-state index is -0.887. The van der Waals surface area contributed by atoms with Gasteiger partial charge in [-0.2, -0.15) is 0 Å². The molecule has 0 amide bonds. The van der Waals surface area contributed by atoms with Gasteiger partial charge in [0, 0.05) is 20.0 Å². The lowest BCUT2D eigenvalue weighted by Gasteiger charge is -2.23. The fourth-order valence-electron chi connectivity index (χ4n) is 5.85. The van der Waals surface area contributed by atoms with Crippen LogP contribution in [0.2, 0.25) is 0 Å². The van der Waals surface area contributed by atoms with Gasteiger partial charge >= 0.3 is 23.9 Å². The quantitative estimate of drug-likeness (QED) is 0.0292. The van der Waals surface area contributed by atoms with Gasteiger partial charge in [0.25, 0.3) is 6.47 Å². The first-order chi connectivity index (χ1) is 26.0. The molecule has 0 saturated carbocycles. The van der Waals surface area contributed by atoms with Crippen molar-refractivity contribution >= 4 is 30.3 Å². The van der Waals surface area contributed by atoms with Crippen LogP contribution < -0.4 is 0 Å². The summed E-state index contributed by atoms with van der Waals surface area (Å²) < 4.78 is 32.1. The minimum absolute atomic E-state index is 0.0459. The number of hydrogen-bond donors (Lipinski definition) is 0. The number of methoxy groups -OCH3 is 1. The molecule has 0 aromatic heterocycles. The first kappa shape index (κ1) is 51.2. The molecule has 0 heterocycles. The van der Waals surface area contributed by atoms with E-state index in [2.05, 4.69) is 37.7 Å². The van der Waals surface area contributed by atoms with Crippen LogP contribution in [-0.2, 0) is 52.4 Å². The Morgan fingerprint density at radius 3 is 1.46 bits per heavy atom. The molecule has 0 aromatic carbocycles. The third-order valence-corrected chi connectivity index (χ3v) is 9.20. The SMILES string of the molecule is CCCCCCC(C)C(=O)OCC(COC)OC(=O)CCCN(CCCCCN(C)C)CCCC(=O)OC(COC=O)COC(=O)C(C)CCCCCC. The normalized spacial score (nSPS) is 13.6. The Labute approximate surface area is 326 Å². The molecule has 13 heteroatoms. The maximum Gasteiger partial charge on any atom is 0.308 e. The molecule has 4 atom stereocenters. The molecule has 0 radical (unpaired) electrons. The average Bonchev–Trinajstić information content (AvgIpc) is 3.14. The number of ether oxygens (including phenoxy) is 6. The van der Waals surface area contributed by atoms with Crippen LogP contribution in [0.5, 0.6) is 0 Å². The summed E-state index contributed by atoms with van der Waals surface area (Å²) in [6.07, 6.45) is 13.1. The molecule has 0 rings (SSSR count). The van der Waals surface area contributed by atoms with Crippen LogP contribution in [0.25, 0.3) is 0 Å². The Morgan fingerprint density at radius 2 is 1.02 bits per heavy atom. The third kappa shape index (κ3) is 29.6. The van der Waals surface area contributed by atoms with Crippen LogP contribution in [0, 0.1) is 11.8 Å². The summed E-state index contributed by atoms with van der Waals surface area (Å²) >= 11 is 0. The summed E-state index contributed by atoms with van der Waals surface area (Å²) in [4.78, 5) is 65.7. The second-order valence-corrected chi connectivity index (χ2v) is 14.8.